The number of benzene rings is 1. The molecule has 1 fully saturated rings. The first-order valence-corrected chi connectivity index (χ1v) is 10.2. The lowest BCUT2D eigenvalue weighted by Gasteiger charge is -2.18. The van der Waals surface area contributed by atoms with Crippen LogP contribution in [-0.4, -0.2) is 70.8 Å². The van der Waals surface area contributed by atoms with Crippen LogP contribution in [0.15, 0.2) is 30.7 Å². The maximum atomic E-state index is 12.5. The molecule has 4 heterocycles. The second-order valence-corrected chi connectivity index (χ2v) is 7.17. The van der Waals surface area contributed by atoms with E-state index in [4.69, 9.17) is 14.6 Å². The molecule has 2 aromatic heterocycles. The van der Waals surface area contributed by atoms with E-state index < -0.39 is 11.9 Å². The second-order valence-electron chi connectivity index (χ2n) is 7.17. The van der Waals surface area contributed by atoms with Gasteiger partial charge in [0.2, 0.25) is 0 Å². The second kappa shape index (κ2) is 10.1. The largest absolute Gasteiger partial charge is 0.482 e. The molecule has 2 aliphatic rings. The lowest BCUT2D eigenvalue weighted by Crippen LogP contribution is -2.30. The van der Waals surface area contributed by atoms with Gasteiger partial charge in [-0.25, -0.2) is 14.8 Å². The third-order valence-electron chi connectivity index (χ3n) is 4.88. The van der Waals surface area contributed by atoms with Crippen molar-refractivity contribution >= 4 is 34.5 Å². The highest BCUT2D eigenvalue weighted by Gasteiger charge is 2.20. The number of rotatable bonds is 4. The van der Waals surface area contributed by atoms with Gasteiger partial charge in [0.15, 0.2) is 12.3 Å². The van der Waals surface area contributed by atoms with Gasteiger partial charge in [0, 0.05) is 25.8 Å². The van der Waals surface area contributed by atoms with Gasteiger partial charge in [0.25, 0.3) is 11.8 Å². The molecule has 3 aromatic rings. The predicted octanol–water partition coefficient (Wildman–Crippen LogP) is 0.523. The number of anilines is 1. The number of fused-ring (bicyclic) bond motifs is 2. The molecule has 2 amide bonds. The molecule has 0 aliphatic carbocycles. The van der Waals surface area contributed by atoms with E-state index in [0.717, 1.165) is 38.2 Å². The number of carbonyl (C=O) groups is 3. The molecule has 0 saturated carbocycles. The number of aromatic carboxylic acids is 1. The summed E-state index contributed by atoms with van der Waals surface area (Å²) >= 11 is 0. The van der Waals surface area contributed by atoms with E-state index in [2.05, 4.69) is 30.9 Å². The number of carboxylic acids is 1. The quantitative estimate of drug-likeness (QED) is 0.377. The van der Waals surface area contributed by atoms with Crippen LogP contribution in [0.3, 0.4) is 0 Å². The lowest BCUT2D eigenvalue weighted by molar-refractivity contribution is -0.118. The van der Waals surface area contributed by atoms with E-state index in [9.17, 15) is 14.4 Å². The van der Waals surface area contributed by atoms with Crippen molar-refractivity contribution in [3.05, 3.63) is 47.5 Å². The highest BCUT2D eigenvalue weighted by molar-refractivity contribution is 6.08. The molecule has 1 saturated heterocycles. The fraction of sp³-hybridized carbons (Fsp3) is 0.286. The standard InChI is InChI=1S/C17H13N5O5.C4H9NO/c23-12-6-27-11-2-1-8(3-10(11)22-12)4-19-16(24)15-14-13(20-7-21-15)9(5-18-14)17(25)26;1-3-6-4-2-5-1/h1-3,5,7,18H,4,6H2,(H,19,24)(H,22,23)(H,25,26);5H,1-4H2. The number of nitrogens with zero attached hydrogens (tertiary/aromatic N) is 2. The summed E-state index contributed by atoms with van der Waals surface area (Å²) in [6.07, 6.45) is 2.41. The molecule has 0 unspecified atom stereocenters. The number of morpholine rings is 1. The minimum absolute atomic E-state index is 0.0265. The first-order valence-electron chi connectivity index (χ1n) is 10.2. The molecule has 0 spiro atoms. The number of hydrogen-bond donors (Lipinski definition) is 5. The van der Waals surface area contributed by atoms with Gasteiger partial charge in [0.1, 0.15) is 23.2 Å². The zero-order valence-electron chi connectivity index (χ0n) is 17.5. The van der Waals surface area contributed by atoms with Crippen LogP contribution in [0, 0.1) is 0 Å². The molecule has 2 aliphatic heterocycles. The van der Waals surface area contributed by atoms with Gasteiger partial charge >= 0.3 is 5.97 Å². The van der Waals surface area contributed by atoms with Crippen molar-refractivity contribution in [1.29, 1.82) is 0 Å². The van der Waals surface area contributed by atoms with Crippen molar-refractivity contribution in [2.24, 2.45) is 0 Å². The Kier molecular flexibility index (Phi) is 6.76. The molecule has 0 radical (unpaired) electrons. The number of aromatic amines is 1. The van der Waals surface area contributed by atoms with Gasteiger partial charge in [-0.15, -0.1) is 0 Å². The van der Waals surface area contributed by atoms with Gasteiger partial charge in [-0.05, 0) is 17.7 Å². The topological polar surface area (TPSA) is 168 Å². The summed E-state index contributed by atoms with van der Waals surface area (Å²) in [5, 5.41) is 17.7. The normalized spacial score (nSPS) is 14.8. The Labute approximate surface area is 187 Å². The molecule has 12 heteroatoms. The van der Waals surface area contributed by atoms with Crippen LogP contribution >= 0.6 is 0 Å². The highest BCUT2D eigenvalue weighted by Crippen LogP contribution is 2.28. The molecule has 12 nitrogen and oxygen atoms in total. The van der Waals surface area contributed by atoms with E-state index in [0.29, 0.717) is 11.4 Å². The number of amides is 2. The zero-order chi connectivity index (χ0) is 23.2. The molecular weight excluding hydrogens is 432 g/mol. The Morgan fingerprint density at radius 1 is 1.18 bits per heavy atom. The number of carbonyl (C=O) groups excluding carboxylic acids is 2. The fourth-order valence-electron chi connectivity index (χ4n) is 3.30. The average Bonchev–Trinajstić information content (AvgIpc) is 3.28. The van der Waals surface area contributed by atoms with Crippen LogP contribution in [0.2, 0.25) is 0 Å². The van der Waals surface area contributed by atoms with Crippen molar-refractivity contribution in [2.45, 2.75) is 6.54 Å². The monoisotopic (exact) mass is 454 g/mol. The zero-order valence-corrected chi connectivity index (χ0v) is 17.5. The number of nitrogens with one attached hydrogen (secondary N) is 4. The van der Waals surface area contributed by atoms with Crippen molar-refractivity contribution in [3.8, 4) is 5.75 Å². The van der Waals surface area contributed by atoms with Crippen LogP contribution in [0.25, 0.3) is 11.0 Å². The Bertz CT molecular complexity index is 1180. The van der Waals surface area contributed by atoms with E-state index in [1.807, 2.05) is 0 Å². The Morgan fingerprint density at radius 3 is 2.70 bits per heavy atom. The van der Waals surface area contributed by atoms with Gasteiger partial charge in [-0.1, -0.05) is 6.07 Å². The summed E-state index contributed by atoms with van der Waals surface area (Å²) < 4.78 is 10.3. The Morgan fingerprint density at radius 2 is 2.00 bits per heavy atom. The number of ether oxygens (including phenoxy) is 2. The predicted molar refractivity (Wildman–Crippen MR) is 116 cm³/mol. The van der Waals surface area contributed by atoms with E-state index >= 15 is 0 Å². The third kappa shape index (κ3) is 5.25. The van der Waals surface area contributed by atoms with Crippen LogP contribution < -0.4 is 20.7 Å². The molecule has 0 bridgehead atoms. The smallest absolute Gasteiger partial charge is 0.339 e. The van der Waals surface area contributed by atoms with Gasteiger partial charge in [-0.3, -0.25) is 9.59 Å². The summed E-state index contributed by atoms with van der Waals surface area (Å²) in [7, 11) is 0. The molecular formula is C21H22N6O6. The van der Waals surface area contributed by atoms with Crippen molar-refractivity contribution < 1.29 is 29.0 Å². The average molecular weight is 454 g/mol. The number of H-pyrrole nitrogens is 1. The van der Waals surface area contributed by atoms with Gasteiger partial charge in [0.05, 0.1) is 24.4 Å². The SMILES string of the molecule is C1COCCN1.O=C1COc2ccc(CNC(=O)c3ncnc4c(C(=O)O)c[nH]c34)cc2N1. The summed E-state index contributed by atoms with van der Waals surface area (Å²) in [4.78, 5) is 45.7. The Balaban J connectivity index is 0.000000376. The highest BCUT2D eigenvalue weighted by atomic mass is 16.5. The summed E-state index contributed by atoms with van der Waals surface area (Å²) in [6.45, 7) is 3.99. The summed E-state index contributed by atoms with van der Waals surface area (Å²) in [5.74, 6) is -1.31. The maximum absolute atomic E-state index is 12.5. The van der Waals surface area contributed by atoms with Crippen LogP contribution in [0.5, 0.6) is 5.75 Å². The molecule has 1 aromatic carbocycles. The summed E-state index contributed by atoms with van der Waals surface area (Å²) in [5.41, 5.74) is 1.71. The molecule has 0 atom stereocenters. The lowest BCUT2D eigenvalue weighted by atomic mass is 10.1. The van der Waals surface area contributed by atoms with E-state index in [1.165, 1.54) is 6.20 Å². The fourth-order valence-corrected chi connectivity index (χ4v) is 3.30. The van der Waals surface area contributed by atoms with Crippen molar-refractivity contribution in [2.75, 3.05) is 38.2 Å². The van der Waals surface area contributed by atoms with Crippen molar-refractivity contribution in [1.82, 2.24) is 25.6 Å². The maximum Gasteiger partial charge on any atom is 0.339 e. The van der Waals surface area contributed by atoms with E-state index in [1.54, 1.807) is 18.2 Å². The third-order valence-corrected chi connectivity index (χ3v) is 4.88. The minimum atomic E-state index is -1.15. The van der Waals surface area contributed by atoms with Crippen LogP contribution in [-0.2, 0) is 16.1 Å². The van der Waals surface area contributed by atoms with Crippen LogP contribution in [0.4, 0.5) is 5.69 Å². The first-order chi connectivity index (χ1) is 16.0. The molecule has 5 rings (SSSR count). The van der Waals surface area contributed by atoms with Crippen LogP contribution in [0.1, 0.15) is 26.4 Å². The Hall–Kier alpha value is -4.03. The number of hydrogen-bond acceptors (Lipinski definition) is 8. The molecule has 33 heavy (non-hydrogen) atoms. The summed E-state index contributed by atoms with van der Waals surface area (Å²) in [6, 6.07) is 5.19. The minimum Gasteiger partial charge on any atom is -0.482 e. The number of aromatic nitrogens is 3. The van der Waals surface area contributed by atoms with Gasteiger partial charge in [-0.2, -0.15) is 0 Å². The van der Waals surface area contributed by atoms with Gasteiger partial charge < -0.3 is 35.5 Å². The number of carboxylic acid groups (broad SMARTS) is 1. The van der Waals surface area contributed by atoms with Crippen molar-refractivity contribution in [3.63, 3.8) is 0 Å². The van der Waals surface area contributed by atoms with E-state index in [-0.39, 0.29) is 41.3 Å². The molecule has 5 N–H and O–H groups in total. The molecule has 172 valence electrons. The first kappa shape index (κ1) is 22.2.